The summed E-state index contributed by atoms with van der Waals surface area (Å²) in [6.45, 7) is 2.85. The van der Waals surface area contributed by atoms with Gasteiger partial charge in [0.15, 0.2) is 0 Å². The number of aromatic nitrogens is 1. The van der Waals surface area contributed by atoms with Crippen LogP contribution in [-0.4, -0.2) is 23.1 Å². The molecule has 9 nitrogen and oxygen atoms in total. The number of rotatable bonds is 8. The SMILES string of the molecule is CCON(CCC#N)c1ccc(N=Nc2cccc([N+](=O)[O-])c2)cc1.c1cscn1. The molecule has 0 aliphatic heterocycles. The average Bonchev–Trinajstić information content (AvgIpc) is 3.36. The fourth-order valence-electron chi connectivity index (χ4n) is 2.22. The van der Waals surface area contributed by atoms with Gasteiger partial charge in [0.1, 0.15) is 0 Å². The smallest absolute Gasteiger partial charge is 0.271 e. The van der Waals surface area contributed by atoms with Crippen molar-refractivity contribution >= 4 is 34.1 Å². The van der Waals surface area contributed by atoms with Crippen molar-refractivity contribution in [3.63, 3.8) is 0 Å². The Hall–Kier alpha value is -3.68. The number of nitro benzene ring substituents is 1. The molecule has 0 aliphatic rings. The van der Waals surface area contributed by atoms with Gasteiger partial charge < -0.3 is 0 Å². The lowest BCUT2D eigenvalue weighted by atomic mass is 10.2. The molecule has 10 heteroatoms. The van der Waals surface area contributed by atoms with Crippen LogP contribution in [-0.2, 0) is 4.84 Å². The van der Waals surface area contributed by atoms with Crippen LogP contribution in [0.25, 0.3) is 0 Å². The number of non-ortho nitro benzene ring substituents is 1. The highest BCUT2D eigenvalue weighted by Crippen LogP contribution is 2.24. The van der Waals surface area contributed by atoms with E-state index < -0.39 is 4.92 Å². The van der Waals surface area contributed by atoms with Crippen LogP contribution in [0, 0.1) is 21.4 Å². The zero-order valence-corrected chi connectivity index (χ0v) is 17.1. The molecular weight excluding hydrogens is 404 g/mol. The third-order valence-corrected chi connectivity index (χ3v) is 4.04. The number of hydroxylamine groups is 1. The van der Waals surface area contributed by atoms with Crippen molar-refractivity contribution in [3.05, 3.63) is 75.7 Å². The number of anilines is 1. The van der Waals surface area contributed by atoms with Gasteiger partial charge in [-0.2, -0.15) is 15.5 Å². The molecule has 0 N–H and O–H groups in total. The van der Waals surface area contributed by atoms with E-state index in [-0.39, 0.29) is 5.69 Å². The molecule has 0 saturated carbocycles. The largest absolute Gasteiger partial charge is 0.274 e. The minimum Gasteiger partial charge on any atom is -0.274 e. The molecule has 1 heterocycles. The highest BCUT2D eigenvalue weighted by atomic mass is 32.1. The summed E-state index contributed by atoms with van der Waals surface area (Å²) < 4.78 is 0. The number of azo groups is 1. The first kappa shape index (κ1) is 22.6. The minimum atomic E-state index is -0.475. The molecule has 0 unspecified atom stereocenters. The first-order valence-corrected chi connectivity index (χ1v) is 9.94. The first-order valence-electron chi connectivity index (χ1n) is 9.00. The standard InChI is InChI=1S/C17H17N5O3.C3H3NS/c1-2-25-21(12-4-11-18)16-9-7-14(8-10-16)19-20-15-5-3-6-17(13-15)22(23)24;1-2-5-3-4-1/h3,5-10,13H,2,4,12H2,1H3;1-3H. The van der Waals surface area contributed by atoms with Crippen molar-refractivity contribution in [1.82, 2.24) is 4.98 Å². The summed E-state index contributed by atoms with van der Waals surface area (Å²) in [6.07, 6.45) is 2.12. The number of thiazole rings is 1. The van der Waals surface area contributed by atoms with Crippen LogP contribution in [0.4, 0.5) is 22.7 Å². The Morgan fingerprint density at radius 1 is 1.23 bits per heavy atom. The Kier molecular flexibility index (Phi) is 9.58. The molecule has 0 saturated heterocycles. The van der Waals surface area contributed by atoms with Gasteiger partial charge in [0, 0.05) is 23.7 Å². The maximum absolute atomic E-state index is 10.8. The molecule has 3 aromatic rings. The molecule has 154 valence electrons. The fraction of sp³-hybridized carbons (Fsp3) is 0.200. The van der Waals surface area contributed by atoms with Gasteiger partial charge in [0.2, 0.25) is 0 Å². The van der Waals surface area contributed by atoms with Gasteiger partial charge in [-0.25, -0.2) is 0 Å². The van der Waals surface area contributed by atoms with Crippen molar-refractivity contribution in [2.24, 2.45) is 10.2 Å². The van der Waals surface area contributed by atoms with Crippen molar-refractivity contribution in [2.45, 2.75) is 13.3 Å². The van der Waals surface area contributed by atoms with Crippen molar-refractivity contribution in [1.29, 1.82) is 5.26 Å². The molecule has 0 bridgehead atoms. The Labute approximate surface area is 178 Å². The Morgan fingerprint density at radius 2 is 2.00 bits per heavy atom. The fourth-order valence-corrected chi connectivity index (χ4v) is 2.57. The van der Waals surface area contributed by atoms with Gasteiger partial charge >= 0.3 is 0 Å². The molecule has 0 spiro atoms. The normalized spacial score (nSPS) is 10.1. The van der Waals surface area contributed by atoms with Gasteiger partial charge in [0.25, 0.3) is 5.69 Å². The number of nitro groups is 1. The molecular formula is C20H20N6O3S. The summed E-state index contributed by atoms with van der Waals surface area (Å²) >= 11 is 1.60. The molecule has 0 aliphatic carbocycles. The topological polar surface area (TPSA) is 117 Å². The predicted molar refractivity (Wildman–Crippen MR) is 115 cm³/mol. The first-order chi connectivity index (χ1) is 14.6. The van der Waals surface area contributed by atoms with Crippen LogP contribution >= 0.6 is 11.3 Å². The molecule has 0 amide bonds. The van der Waals surface area contributed by atoms with Crippen LogP contribution in [0.1, 0.15) is 13.3 Å². The van der Waals surface area contributed by atoms with Crippen LogP contribution in [0.5, 0.6) is 0 Å². The summed E-state index contributed by atoms with van der Waals surface area (Å²) in [5, 5.41) is 31.1. The van der Waals surface area contributed by atoms with E-state index in [4.69, 9.17) is 10.1 Å². The molecule has 0 fully saturated rings. The summed E-state index contributed by atoms with van der Waals surface area (Å²) in [7, 11) is 0. The van der Waals surface area contributed by atoms with Gasteiger partial charge in [-0.15, -0.1) is 11.3 Å². The summed E-state index contributed by atoms with van der Waals surface area (Å²) in [5.74, 6) is 0. The van der Waals surface area contributed by atoms with Crippen molar-refractivity contribution < 1.29 is 9.76 Å². The maximum atomic E-state index is 10.8. The molecule has 2 aromatic carbocycles. The van der Waals surface area contributed by atoms with E-state index in [1.54, 1.807) is 52.4 Å². The van der Waals surface area contributed by atoms with Gasteiger partial charge in [-0.1, -0.05) is 6.07 Å². The Morgan fingerprint density at radius 3 is 2.57 bits per heavy atom. The highest BCUT2D eigenvalue weighted by Gasteiger charge is 2.07. The molecule has 30 heavy (non-hydrogen) atoms. The van der Waals surface area contributed by atoms with E-state index in [1.807, 2.05) is 24.4 Å². The van der Waals surface area contributed by atoms with E-state index in [0.29, 0.717) is 30.9 Å². The lowest BCUT2D eigenvalue weighted by molar-refractivity contribution is -0.384. The molecule has 1 aromatic heterocycles. The minimum absolute atomic E-state index is 0.0309. The monoisotopic (exact) mass is 424 g/mol. The van der Waals surface area contributed by atoms with Crippen LogP contribution in [0.3, 0.4) is 0 Å². The quantitative estimate of drug-likeness (QED) is 0.255. The van der Waals surface area contributed by atoms with Crippen LogP contribution in [0.2, 0.25) is 0 Å². The van der Waals surface area contributed by atoms with E-state index in [1.165, 1.54) is 12.1 Å². The molecule has 0 atom stereocenters. The third-order valence-electron chi connectivity index (χ3n) is 3.52. The van der Waals surface area contributed by atoms with Crippen molar-refractivity contribution in [3.8, 4) is 6.07 Å². The lowest BCUT2D eigenvalue weighted by Crippen LogP contribution is -2.24. The Bertz CT molecular complexity index is 954. The van der Waals surface area contributed by atoms with Crippen molar-refractivity contribution in [2.75, 3.05) is 18.2 Å². The zero-order valence-electron chi connectivity index (χ0n) is 16.3. The number of benzene rings is 2. The highest BCUT2D eigenvalue weighted by molar-refractivity contribution is 7.07. The molecule has 3 rings (SSSR count). The number of nitriles is 1. The summed E-state index contributed by atoms with van der Waals surface area (Å²) in [4.78, 5) is 19.5. The molecule has 0 radical (unpaired) electrons. The summed E-state index contributed by atoms with van der Waals surface area (Å²) in [5.41, 5.74) is 3.58. The van der Waals surface area contributed by atoms with Gasteiger partial charge in [-0.3, -0.25) is 25.0 Å². The maximum Gasteiger partial charge on any atom is 0.271 e. The van der Waals surface area contributed by atoms with E-state index in [2.05, 4.69) is 21.3 Å². The van der Waals surface area contributed by atoms with Gasteiger partial charge in [0.05, 0.1) is 53.1 Å². The average molecular weight is 424 g/mol. The van der Waals surface area contributed by atoms with Gasteiger partial charge in [-0.05, 0) is 37.3 Å². The second-order valence-corrected chi connectivity index (χ2v) is 6.35. The third kappa shape index (κ3) is 7.75. The lowest BCUT2D eigenvalue weighted by Gasteiger charge is -2.22. The summed E-state index contributed by atoms with van der Waals surface area (Å²) in [6, 6.07) is 15.2. The number of nitrogens with zero attached hydrogens (tertiary/aromatic N) is 6. The zero-order chi connectivity index (χ0) is 21.6. The Balaban J connectivity index is 0.000000558. The van der Waals surface area contributed by atoms with E-state index in [0.717, 1.165) is 5.69 Å². The van der Waals surface area contributed by atoms with E-state index >= 15 is 0 Å². The van der Waals surface area contributed by atoms with E-state index in [9.17, 15) is 10.1 Å². The van der Waals surface area contributed by atoms with Crippen LogP contribution in [0.15, 0.2) is 75.8 Å². The number of hydrogen-bond acceptors (Lipinski definition) is 9. The number of hydrogen-bond donors (Lipinski definition) is 0. The second-order valence-electron chi connectivity index (χ2n) is 5.60. The predicted octanol–water partition coefficient (Wildman–Crippen LogP) is 5.82. The van der Waals surface area contributed by atoms with Crippen LogP contribution < -0.4 is 5.06 Å². The second kappa shape index (κ2) is 12.7.